The number of aryl methyl sites for hydroxylation is 1. The molecule has 1 N–H and O–H groups in total. The van der Waals surface area contributed by atoms with E-state index in [-0.39, 0.29) is 11.1 Å². The number of hydrogen-bond acceptors (Lipinski definition) is 1. The summed E-state index contributed by atoms with van der Waals surface area (Å²) in [4.78, 5) is 12.0. The first kappa shape index (κ1) is 11.7. The van der Waals surface area contributed by atoms with Gasteiger partial charge >= 0.3 is 0 Å². The molecule has 0 unspecified atom stereocenters. The van der Waals surface area contributed by atoms with Crippen molar-refractivity contribution in [1.82, 2.24) is 9.78 Å². The highest BCUT2D eigenvalue weighted by Crippen LogP contribution is 2.21. The van der Waals surface area contributed by atoms with Crippen molar-refractivity contribution in [3.8, 4) is 11.1 Å². The maximum atomic E-state index is 12.0. The lowest BCUT2D eigenvalue weighted by atomic mass is 10.0. The molecule has 0 radical (unpaired) electrons. The Bertz CT molecular complexity index is 585. The van der Waals surface area contributed by atoms with Gasteiger partial charge in [-0.1, -0.05) is 24.3 Å². The Labute approximate surface area is 101 Å². The van der Waals surface area contributed by atoms with E-state index >= 15 is 0 Å². The second kappa shape index (κ2) is 3.91. The molecule has 0 saturated carbocycles. The average molecular weight is 230 g/mol. The first-order valence-electron chi connectivity index (χ1n) is 5.78. The maximum absolute atomic E-state index is 12.0. The molecule has 0 saturated heterocycles. The zero-order chi connectivity index (χ0) is 12.6. The Hall–Kier alpha value is -1.77. The molecule has 2 rings (SSSR count). The van der Waals surface area contributed by atoms with Gasteiger partial charge in [-0.15, -0.1) is 0 Å². The van der Waals surface area contributed by atoms with Gasteiger partial charge in [-0.2, -0.15) is 0 Å². The predicted molar refractivity (Wildman–Crippen MR) is 70.2 cm³/mol. The quantitative estimate of drug-likeness (QED) is 0.803. The maximum Gasteiger partial charge on any atom is 0.271 e. The fraction of sp³-hybridized carbons (Fsp3) is 0.357. The number of aromatic nitrogens is 2. The van der Waals surface area contributed by atoms with Crippen molar-refractivity contribution in [2.75, 3.05) is 0 Å². The van der Waals surface area contributed by atoms with E-state index in [2.05, 4.69) is 25.9 Å². The van der Waals surface area contributed by atoms with Gasteiger partial charge in [0, 0.05) is 6.20 Å². The highest BCUT2D eigenvalue weighted by atomic mass is 16.1. The third-order valence-corrected chi connectivity index (χ3v) is 2.88. The molecular weight excluding hydrogens is 212 g/mol. The van der Waals surface area contributed by atoms with Crippen LogP contribution in [0, 0.1) is 6.92 Å². The van der Waals surface area contributed by atoms with Crippen LogP contribution >= 0.6 is 0 Å². The van der Waals surface area contributed by atoms with Crippen LogP contribution in [0.5, 0.6) is 0 Å². The van der Waals surface area contributed by atoms with Gasteiger partial charge in [0.25, 0.3) is 5.56 Å². The summed E-state index contributed by atoms with van der Waals surface area (Å²) < 4.78 is 1.86. The summed E-state index contributed by atoms with van der Waals surface area (Å²) in [6, 6.07) is 7.93. The molecule has 0 spiro atoms. The minimum absolute atomic E-state index is 0.0331. The Balaban J connectivity index is 2.59. The summed E-state index contributed by atoms with van der Waals surface area (Å²) in [7, 11) is 0. The highest BCUT2D eigenvalue weighted by Gasteiger charge is 2.16. The minimum Gasteiger partial charge on any atom is -0.286 e. The fourth-order valence-electron chi connectivity index (χ4n) is 1.82. The molecule has 0 bridgehead atoms. The van der Waals surface area contributed by atoms with Crippen LogP contribution in [-0.2, 0) is 5.54 Å². The van der Waals surface area contributed by atoms with Crippen LogP contribution in [0.1, 0.15) is 26.3 Å². The van der Waals surface area contributed by atoms with E-state index in [1.807, 2.05) is 42.1 Å². The van der Waals surface area contributed by atoms with E-state index in [0.29, 0.717) is 0 Å². The van der Waals surface area contributed by atoms with Gasteiger partial charge in [-0.25, -0.2) is 0 Å². The SMILES string of the molecule is Cc1ccccc1-c1cn(C(C)(C)C)[nH]c1=O. The number of H-pyrrole nitrogens is 1. The summed E-state index contributed by atoms with van der Waals surface area (Å²) in [5.74, 6) is 0. The Morgan fingerprint density at radius 2 is 1.76 bits per heavy atom. The Morgan fingerprint density at radius 1 is 1.12 bits per heavy atom. The van der Waals surface area contributed by atoms with E-state index in [4.69, 9.17) is 0 Å². The van der Waals surface area contributed by atoms with Crippen LogP contribution in [0.3, 0.4) is 0 Å². The van der Waals surface area contributed by atoms with E-state index in [1.165, 1.54) is 0 Å². The van der Waals surface area contributed by atoms with Crippen LogP contribution < -0.4 is 5.56 Å². The van der Waals surface area contributed by atoms with Crippen LogP contribution in [0.2, 0.25) is 0 Å². The Kier molecular flexibility index (Phi) is 2.69. The normalized spacial score (nSPS) is 11.8. The van der Waals surface area contributed by atoms with E-state index in [9.17, 15) is 4.79 Å². The van der Waals surface area contributed by atoms with Crippen LogP contribution in [0.25, 0.3) is 11.1 Å². The molecule has 0 amide bonds. The number of nitrogens with zero attached hydrogens (tertiary/aromatic N) is 1. The molecule has 1 heterocycles. The number of hydrogen-bond donors (Lipinski definition) is 1. The smallest absolute Gasteiger partial charge is 0.271 e. The zero-order valence-electron chi connectivity index (χ0n) is 10.7. The molecule has 1 aromatic carbocycles. The topological polar surface area (TPSA) is 37.8 Å². The minimum atomic E-state index is -0.111. The average Bonchev–Trinajstić information content (AvgIpc) is 2.61. The molecule has 0 aliphatic rings. The largest absolute Gasteiger partial charge is 0.286 e. The van der Waals surface area contributed by atoms with Crippen molar-refractivity contribution in [2.24, 2.45) is 0 Å². The third-order valence-electron chi connectivity index (χ3n) is 2.88. The second-order valence-corrected chi connectivity index (χ2v) is 5.34. The monoisotopic (exact) mass is 230 g/mol. The lowest BCUT2D eigenvalue weighted by Crippen LogP contribution is -2.23. The van der Waals surface area contributed by atoms with Gasteiger partial charge in [0.1, 0.15) is 0 Å². The van der Waals surface area contributed by atoms with Gasteiger partial charge in [-0.3, -0.25) is 14.6 Å². The fourth-order valence-corrected chi connectivity index (χ4v) is 1.82. The zero-order valence-corrected chi connectivity index (χ0v) is 10.7. The van der Waals surface area contributed by atoms with Crippen LogP contribution in [-0.4, -0.2) is 9.78 Å². The first-order valence-corrected chi connectivity index (χ1v) is 5.78. The summed E-state index contributed by atoms with van der Waals surface area (Å²) in [5.41, 5.74) is 2.70. The van der Waals surface area contributed by atoms with E-state index in [0.717, 1.165) is 16.7 Å². The number of rotatable bonds is 1. The van der Waals surface area contributed by atoms with Gasteiger partial charge in [0.15, 0.2) is 0 Å². The molecule has 17 heavy (non-hydrogen) atoms. The molecule has 0 atom stereocenters. The van der Waals surface area contributed by atoms with Gasteiger partial charge in [0.2, 0.25) is 0 Å². The number of nitrogens with one attached hydrogen (secondary N) is 1. The van der Waals surface area contributed by atoms with E-state index in [1.54, 1.807) is 0 Å². The molecule has 3 nitrogen and oxygen atoms in total. The molecule has 0 fully saturated rings. The second-order valence-electron chi connectivity index (χ2n) is 5.34. The summed E-state index contributed by atoms with van der Waals surface area (Å²) >= 11 is 0. The summed E-state index contributed by atoms with van der Waals surface area (Å²) in [6.45, 7) is 8.20. The molecular formula is C14H18N2O. The lowest BCUT2D eigenvalue weighted by molar-refractivity contribution is 0.353. The molecule has 1 aromatic heterocycles. The summed E-state index contributed by atoms with van der Waals surface area (Å²) in [6.07, 6.45) is 1.89. The van der Waals surface area contributed by atoms with Crippen LogP contribution in [0.15, 0.2) is 35.3 Å². The van der Waals surface area contributed by atoms with Gasteiger partial charge in [0.05, 0.1) is 11.1 Å². The Morgan fingerprint density at radius 3 is 2.29 bits per heavy atom. The lowest BCUT2D eigenvalue weighted by Gasteiger charge is -2.19. The summed E-state index contributed by atoms with van der Waals surface area (Å²) in [5, 5.41) is 2.87. The standard InChI is InChI=1S/C14H18N2O/c1-10-7-5-6-8-11(10)12-9-16(14(2,3)4)15-13(12)17/h5-9H,1-4H3,(H,15,17). The molecule has 0 aliphatic carbocycles. The third kappa shape index (κ3) is 2.18. The van der Waals surface area contributed by atoms with Gasteiger partial charge in [-0.05, 0) is 38.8 Å². The molecule has 90 valence electrons. The van der Waals surface area contributed by atoms with E-state index < -0.39 is 0 Å². The first-order chi connectivity index (χ1) is 7.89. The van der Waals surface area contributed by atoms with Crippen molar-refractivity contribution >= 4 is 0 Å². The van der Waals surface area contributed by atoms with Crippen molar-refractivity contribution in [3.63, 3.8) is 0 Å². The number of benzene rings is 1. The predicted octanol–water partition coefficient (Wildman–Crippen LogP) is 2.91. The van der Waals surface area contributed by atoms with Crippen molar-refractivity contribution in [1.29, 1.82) is 0 Å². The van der Waals surface area contributed by atoms with Crippen molar-refractivity contribution < 1.29 is 0 Å². The van der Waals surface area contributed by atoms with Crippen LogP contribution in [0.4, 0.5) is 0 Å². The van der Waals surface area contributed by atoms with Crippen molar-refractivity contribution in [3.05, 3.63) is 46.4 Å². The highest BCUT2D eigenvalue weighted by molar-refractivity contribution is 5.65. The van der Waals surface area contributed by atoms with Gasteiger partial charge < -0.3 is 0 Å². The van der Waals surface area contributed by atoms with Crippen molar-refractivity contribution in [2.45, 2.75) is 33.2 Å². The number of aromatic amines is 1. The molecule has 2 aromatic rings. The molecule has 3 heteroatoms. The molecule has 0 aliphatic heterocycles.